The van der Waals surface area contributed by atoms with Gasteiger partial charge in [0.15, 0.2) is 0 Å². The zero-order valence-electron chi connectivity index (χ0n) is 9.71. The first-order chi connectivity index (χ1) is 8.25. The van der Waals surface area contributed by atoms with E-state index in [1.807, 2.05) is 0 Å². The molecule has 17 heavy (non-hydrogen) atoms. The van der Waals surface area contributed by atoms with Crippen molar-refractivity contribution in [1.82, 2.24) is 0 Å². The Kier molecular flexibility index (Phi) is 6.03. The number of rotatable bonds is 4. The molecule has 0 atom stereocenters. The van der Waals surface area contributed by atoms with Gasteiger partial charge in [-0.25, -0.2) is 0 Å². The summed E-state index contributed by atoms with van der Waals surface area (Å²) in [6.45, 7) is 0. The topological polar surface area (TPSA) is 0 Å². The van der Waals surface area contributed by atoms with Crippen molar-refractivity contribution in [3.63, 3.8) is 0 Å². The van der Waals surface area contributed by atoms with E-state index in [0.29, 0.717) is 0 Å². The van der Waals surface area contributed by atoms with Crippen LogP contribution in [0.1, 0.15) is 32.1 Å². The van der Waals surface area contributed by atoms with Crippen molar-refractivity contribution in [2.24, 2.45) is 5.92 Å². The van der Waals surface area contributed by atoms with E-state index >= 15 is 0 Å². The average Bonchev–Trinajstić information content (AvgIpc) is 2.82. The molecule has 0 aliphatic heterocycles. The van der Waals surface area contributed by atoms with Crippen LogP contribution in [0.25, 0.3) is 0 Å². The molecule has 0 spiro atoms. The van der Waals surface area contributed by atoms with Gasteiger partial charge in [-0.3, -0.25) is 0 Å². The zero-order valence-corrected chi connectivity index (χ0v) is 15.0. The Labute approximate surface area is 126 Å². The van der Waals surface area contributed by atoms with Crippen LogP contribution in [0.4, 0.5) is 0 Å². The molecule has 3 heteroatoms. The van der Waals surface area contributed by atoms with E-state index in [9.17, 15) is 0 Å². The van der Waals surface area contributed by atoms with Gasteiger partial charge in [0.1, 0.15) is 0 Å². The molecule has 94 valence electrons. The van der Waals surface area contributed by atoms with Gasteiger partial charge in [0, 0.05) is 0 Å². The van der Waals surface area contributed by atoms with E-state index in [-0.39, 0.29) is 0 Å². The van der Waals surface area contributed by atoms with Crippen LogP contribution in [0.2, 0.25) is 0 Å². The molecule has 1 aliphatic rings. The van der Waals surface area contributed by atoms with Gasteiger partial charge in [-0.05, 0) is 0 Å². The third-order valence-corrected chi connectivity index (χ3v) is 11.2. The summed E-state index contributed by atoms with van der Waals surface area (Å²) in [5, 5.41) is 0. The molecule has 1 saturated carbocycles. The molecule has 1 aliphatic carbocycles. The maximum atomic E-state index is 3.89. The van der Waals surface area contributed by atoms with E-state index < -0.39 is 17.6 Å². The summed E-state index contributed by atoms with van der Waals surface area (Å²) in [4.78, 5) is 0. The second-order valence-electron chi connectivity index (χ2n) is 4.47. The van der Waals surface area contributed by atoms with Gasteiger partial charge in [-0.1, -0.05) is 0 Å². The first kappa shape index (κ1) is 14.1. The summed E-state index contributed by atoms with van der Waals surface area (Å²) >= 11 is 6.39. The normalized spacial score (nSPS) is 18.5. The quantitative estimate of drug-likeness (QED) is 0.440. The van der Waals surface area contributed by atoms with Crippen LogP contribution < -0.4 is 0 Å². The minimum absolute atomic E-state index is 0.924. The zero-order chi connectivity index (χ0) is 12.1. The molecule has 0 radical (unpaired) electrons. The predicted octanol–water partition coefficient (Wildman–Crippen LogP) is 6.49. The Morgan fingerprint density at radius 1 is 1.24 bits per heavy atom. The first-order valence-electron chi connectivity index (χ1n) is 6.02. The van der Waals surface area contributed by atoms with Crippen LogP contribution in [0.3, 0.4) is 0 Å². The SMILES string of the molecule is Br/C(=C\I(Br)c1ccccc1)CC1CCCC1. The number of halogens is 3. The van der Waals surface area contributed by atoms with E-state index in [4.69, 9.17) is 0 Å². The molecule has 0 heterocycles. The van der Waals surface area contributed by atoms with E-state index in [0.717, 1.165) is 5.92 Å². The predicted molar refractivity (Wildman–Crippen MR) is 91.7 cm³/mol. The monoisotopic (exact) mass is 470 g/mol. The summed E-state index contributed by atoms with van der Waals surface area (Å²) in [5.41, 5.74) is 0. The van der Waals surface area contributed by atoms with Crippen molar-refractivity contribution in [2.75, 3.05) is 0 Å². The fraction of sp³-hybridized carbons (Fsp3) is 0.429. The standard InChI is InChI=1S/C14H17Br2I/c15-13(10-12-6-4-5-7-12)11-17(16)14-8-2-1-3-9-14/h1-3,8-9,11-12H,4-7,10H2/b13-11-. The molecule has 1 aromatic rings. The van der Waals surface area contributed by atoms with Crippen LogP contribution in [0, 0.1) is 9.49 Å². The molecule has 0 unspecified atom stereocenters. The molecule has 0 bridgehead atoms. The van der Waals surface area contributed by atoms with Gasteiger partial charge in [0.05, 0.1) is 0 Å². The molecule has 2 rings (SSSR count). The maximum absolute atomic E-state index is 3.89. The molecular weight excluding hydrogens is 455 g/mol. The van der Waals surface area contributed by atoms with E-state index in [1.165, 1.54) is 40.2 Å². The molecule has 0 aromatic heterocycles. The minimum atomic E-state index is -1.25. The number of hydrogen-bond acceptors (Lipinski definition) is 0. The van der Waals surface area contributed by atoms with Gasteiger partial charge in [-0.2, -0.15) is 0 Å². The Bertz CT molecular complexity index is 369. The summed E-state index contributed by atoms with van der Waals surface area (Å²) in [5.74, 6) is 0.924. The van der Waals surface area contributed by atoms with Crippen LogP contribution in [0.5, 0.6) is 0 Å². The van der Waals surface area contributed by atoms with Crippen LogP contribution in [-0.4, -0.2) is 0 Å². The van der Waals surface area contributed by atoms with Crippen LogP contribution in [-0.2, 0) is 0 Å². The first-order valence-corrected chi connectivity index (χ1v) is 14.0. The van der Waals surface area contributed by atoms with Gasteiger partial charge < -0.3 is 0 Å². The van der Waals surface area contributed by atoms with Crippen LogP contribution >= 0.6 is 46.2 Å². The number of benzene rings is 1. The molecule has 1 aromatic carbocycles. The van der Waals surface area contributed by atoms with Gasteiger partial charge >= 0.3 is 127 Å². The molecular formula is C14H17Br2I. The Hall–Kier alpha value is 0.650. The number of hydrogen-bond donors (Lipinski definition) is 0. The summed E-state index contributed by atoms with van der Waals surface area (Å²) in [6.07, 6.45) is 6.95. The number of allylic oxidation sites excluding steroid dienone is 1. The van der Waals surface area contributed by atoms with Crippen molar-refractivity contribution < 1.29 is 0 Å². The molecule has 0 N–H and O–H groups in total. The Morgan fingerprint density at radius 3 is 2.53 bits per heavy atom. The molecule has 0 saturated heterocycles. The summed E-state index contributed by atoms with van der Waals surface area (Å²) in [6, 6.07) is 10.8. The van der Waals surface area contributed by atoms with Crippen molar-refractivity contribution >= 4 is 46.2 Å². The van der Waals surface area contributed by atoms with Gasteiger partial charge in [0.25, 0.3) is 0 Å². The van der Waals surface area contributed by atoms with Crippen molar-refractivity contribution in [2.45, 2.75) is 32.1 Å². The average molecular weight is 472 g/mol. The van der Waals surface area contributed by atoms with Crippen molar-refractivity contribution in [1.29, 1.82) is 0 Å². The summed E-state index contributed by atoms with van der Waals surface area (Å²) in [7, 11) is 0. The van der Waals surface area contributed by atoms with E-state index in [1.54, 1.807) is 0 Å². The second kappa shape index (κ2) is 7.29. The van der Waals surface area contributed by atoms with Crippen molar-refractivity contribution in [3.8, 4) is 0 Å². The third-order valence-electron chi connectivity index (χ3n) is 3.11. The molecule has 1 fully saturated rings. The van der Waals surface area contributed by atoms with Crippen molar-refractivity contribution in [3.05, 3.63) is 42.5 Å². The molecule has 0 nitrogen and oxygen atoms in total. The fourth-order valence-corrected chi connectivity index (χ4v) is 10.5. The van der Waals surface area contributed by atoms with Gasteiger partial charge in [-0.15, -0.1) is 0 Å². The summed E-state index contributed by atoms with van der Waals surface area (Å²) < 4.78 is 5.33. The second-order valence-corrected chi connectivity index (χ2v) is 13.2. The van der Waals surface area contributed by atoms with Gasteiger partial charge in [0.2, 0.25) is 0 Å². The Balaban J connectivity index is 1.93. The van der Waals surface area contributed by atoms with E-state index in [2.05, 4.69) is 63.0 Å². The fourth-order valence-electron chi connectivity index (χ4n) is 2.24. The molecule has 0 amide bonds. The Morgan fingerprint density at radius 2 is 1.88 bits per heavy atom. The third kappa shape index (κ3) is 4.67. The van der Waals surface area contributed by atoms with Crippen LogP contribution in [0.15, 0.2) is 38.9 Å².